The maximum absolute atomic E-state index is 14.5. The van der Waals surface area contributed by atoms with Gasteiger partial charge in [-0.2, -0.15) is 4.98 Å². The van der Waals surface area contributed by atoms with Crippen molar-refractivity contribution in [3.05, 3.63) is 35.4 Å². The highest BCUT2D eigenvalue weighted by atomic mass is 32.2. The fourth-order valence-electron chi connectivity index (χ4n) is 4.09. The molecule has 1 atom stereocenters. The SMILES string of the molecule is CC(C)c1noc(N2CCC(N(C)CCOc3ccc(CC4SC(=O)NC4=O)c(F)c3)CC2)n1.O=C(O)C(=O)O. The van der Waals surface area contributed by atoms with E-state index in [4.69, 9.17) is 29.1 Å². The summed E-state index contributed by atoms with van der Waals surface area (Å²) < 4.78 is 25.7. The second-order valence-corrected chi connectivity index (χ2v) is 10.8. The molecule has 2 saturated heterocycles. The molecule has 1 unspecified atom stereocenters. The number of aromatic nitrogens is 2. The molecule has 40 heavy (non-hydrogen) atoms. The quantitative estimate of drug-likeness (QED) is 0.368. The van der Waals surface area contributed by atoms with Crippen molar-refractivity contribution in [3.63, 3.8) is 0 Å². The first kappa shape index (κ1) is 30.8. The molecule has 3 heterocycles. The summed E-state index contributed by atoms with van der Waals surface area (Å²) in [6, 6.07) is 5.67. The van der Waals surface area contributed by atoms with E-state index in [1.807, 2.05) is 13.8 Å². The molecule has 0 radical (unpaired) electrons. The molecule has 0 aliphatic carbocycles. The van der Waals surface area contributed by atoms with E-state index in [2.05, 4.69) is 32.3 Å². The summed E-state index contributed by atoms with van der Waals surface area (Å²) in [6.45, 7) is 6.94. The number of carboxylic acids is 2. The van der Waals surface area contributed by atoms with Crippen molar-refractivity contribution in [2.45, 2.75) is 50.3 Å². The Bertz CT molecular complexity index is 1210. The number of piperidine rings is 1. The fraction of sp³-hybridized carbons (Fsp3) is 0.520. The van der Waals surface area contributed by atoms with E-state index in [9.17, 15) is 14.0 Å². The van der Waals surface area contributed by atoms with Gasteiger partial charge in [0.25, 0.3) is 5.24 Å². The third-order valence-corrected chi connectivity index (χ3v) is 7.38. The van der Waals surface area contributed by atoms with Crippen LogP contribution in [0.5, 0.6) is 5.75 Å². The number of amides is 2. The van der Waals surface area contributed by atoms with Crippen molar-refractivity contribution in [2.24, 2.45) is 0 Å². The Kier molecular flexibility index (Phi) is 10.8. The lowest BCUT2D eigenvalue weighted by atomic mass is 10.0. The Morgan fingerprint density at radius 1 is 1.25 bits per heavy atom. The lowest BCUT2D eigenvalue weighted by molar-refractivity contribution is -0.159. The van der Waals surface area contributed by atoms with Crippen molar-refractivity contribution in [1.82, 2.24) is 20.4 Å². The normalized spacial score (nSPS) is 17.6. The first-order valence-corrected chi connectivity index (χ1v) is 13.5. The number of imide groups is 1. The van der Waals surface area contributed by atoms with E-state index >= 15 is 0 Å². The molecule has 3 N–H and O–H groups in total. The topological polar surface area (TPSA) is 175 Å². The summed E-state index contributed by atoms with van der Waals surface area (Å²) in [7, 11) is 2.07. The number of rotatable bonds is 9. The Morgan fingerprint density at radius 2 is 1.93 bits per heavy atom. The van der Waals surface area contributed by atoms with Crippen LogP contribution in [-0.4, -0.2) is 92.9 Å². The summed E-state index contributed by atoms with van der Waals surface area (Å²) in [5.41, 5.74) is 0.389. The van der Waals surface area contributed by atoms with Crippen LogP contribution >= 0.6 is 11.8 Å². The molecule has 2 aliphatic rings. The number of hydrogen-bond acceptors (Lipinski definition) is 11. The number of benzene rings is 1. The van der Waals surface area contributed by atoms with Gasteiger partial charge >= 0.3 is 18.0 Å². The van der Waals surface area contributed by atoms with Gasteiger partial charge in [-0.3, -0.25) is 19.8 Å². The number of nitrogens with one attached hydrogen (secondary N) is 1. The third-order valence-electron chi connectivity index (χ3n) is 6.40. The number of likely N-dealkylation sites (N-methyl/N-ethyl adjacent to an activating group) is 1. The molecule has 13 nitrogen and oxygen atoms in total. The van der Waals surface area contributed by atoms with Gasteiger partial charge in [0.15, 0.2) is 5.82 Å². The lowest BCUT2D eigenvalue weighted by Gasteiger charge is -2.35. The summed E-state index contributed by atoms with van der Waals surface area (Å²) >= 11 is 0.895. The molecule has 0 saturated carbocycles. The molecule has 2 aliphatic heterocycles. The smallest absolute Gasteiger partial charge is 0.414 e. The minimum absolute atomic E-state index is 0.165. The number of aliphatic carboxylic acids is 2. The average Bonchev–Trinajstić information content (AvgIpc) is 3.52. The summed E-state index contributed by atoms with van der Waals surface area (Å²) in [4.78, 5) is 50.1. The van der Waals surface area contributed by atoms with Crippen LogP contribution in [-0.2, 0) is 20.8 Å². The van der Waals surface area contributed by atoms with Gasteiger partial charge in [-0.15, -0.1) is 0 Å². The minimum Gasteiger partial charge on any atom is -0.492 e. The zero-order valence-electron chi connectivity index (χ0n) is 22.3. The molecule has 0 bridgehead atoms. The predicted molar refractivity (Wildman–Crippen MR) is 142 cm³/mol. The number of carbonyl (C=O) groups is 4. The van der Waals surface area contributed by atoms with E-state index in [0.717, 1.165) is 43.5 Å². The zero-order valence-corrected chi connectivity index (χ0v) is 23.1. The second kappa shape index (κ2) is 14.1. The molecule has 1 aromatic heterocycles. The van der Waals surface area contributed by atoms with Crippen LogP contribution in [0.15, 0.2) is 22.7 Å². The number of carboxylic acid groups (broad SMARTS) is 2. The van der Waals surface area contributed by atoms with Crippen LogP contribution in [0.1, 0.15) is 44.0 Å². The molecular weight excluding hydrogens is 549 g/mol. The van der Waals surface area contributed by atoms with Crippen molar-refractivity contribution < 1.29 is 43.0 Å². The molecule has 2 aromatic rings. The molecular formula is C25H32FN5O8S. The monoisotopic (exact) mass is 581 g/mol. The minimum atomic E-state index is -1.82. The average molecular weight is 582 g/mol. The predicted octanol–water partition coefficient (Wildman–Crippen LogP) is 2.36. The Labute approximate surface area is 234 Å². The number of nitrogens with zero attached hydrogens (tertiary/aromatic N) is 4. The molecule has 15 heteroatoms. The van der Waals surface area contributed by atoms with E-state index in [1.54, 1.807) is 12.1 Å². The first-order chi connectivity index (χ1) is 18.9. The number of anilines is 1. The van der Waals surface area contributed by atoms with Gasteiger partial charge in [0.1, 0.15) is 18.2 Å². The Morgan fingerprint density at radius 3 is 2.45 bits per heavy atom. The zero-order chi connectivity index (χ0) is 29.4. The summed E-state index contributed by atoms with van der Waals surface area (Å²) in [6.07, 6.45) is 2.13. The maximum Gasteiger partial charge on any atom is 0.414 e. The van der Waals surface area contributed by atoms with Gasteiger partial charge in [0.2, 0.25) is 5.91 Å². The fourth-order valence-corrected chi connectivity index (χ4v) is 4.93. The van der Waals surface area contributed by atoms with Gasteiger partial charge in [0, 0.05) is 37.7 Å². The maximum atomic E-state index is 14.5. The lowest BCUT2D eigenvalue weighted by Crippen LogP contribution is -2.44. The molecule has 2 amide bonds. The van der Waals surface area contributed by atoms with Crippen molar-refractivity contribution in [3.8, 4) is 5.75 Å². The highest BCUT2D eigenvalue weighted by molar-refractivity contribution is 8.15. The van der Waals surface area contributed by atoms with E-state index in [1.165, 1.54) is 6.07 Å². The van der Waals surface area contributed by atoms with Crippen LogP contribution in [0.3, 0.4) is 0 Å². The van der Waals surface area contributed by atoms with Crippen LogP contribution in [0, 0.1) is 5.82 Å². The molecule has 1 aromatic carbocycles. The number of ether oxygens (including phenoxy) is 1. The largest absolute Gasteiger partial charge is 0.492 e. The van der Waals surface area contributed by atoms with Crippen LogP contribution in [0.2, 0.25) is 0 Å². The van der Waals surface area contributed by atoms with Crippen LogP contribution in [0.4, 0.5) is 15.2 Å². The van der Waals surface area contributed by atoms with Crippen molar-refractivity contribution in [2.75, 3.05) is 38.2 Å². The van der Waals surface area contributed by atoms with Crippen molar-refractivity contribution in [1.29, 1.82) is 0 Å². The van der Waals surface area contributed by atoms with E-state index in [0.29, 0.717) is 36.5 Å². The number of carbonyl (C=O) groups excluding carboxylic acids is 2. The van der Waals surface area contributed by atoms with Crippen molar-refractivity contribution >= 4 is 40.9 Å². The molecule has 0 spiro atoms. The van der Waals surface area contributed by atoms with Gasteiger partial charge in [0.05, 0.1) is 5.25 Å². The third kappa shape index (κ3) is 8.64. The molecule has 218 valence electrons. The highest BCUT2D eigenvalue weighted by Crippen LogP contribution is 2.26. The van der Waals surface area contributed by atoms with Gasteiger partial charge < -0.3 is 24.4 Å². The summed E-state index contributed by atoms with van der Waals surface area (Å²) in [5.74, 6) is -3.04. The van der Waals surface area contributed by atoms with Crippen LogP contribution in [0.25, 0.3) is 0 Å². The van der Waals surface area contributed by atoms with Gasteiger partial charge in [-0.25, -0.2) is 14.0 Å². The number of thioether (sulfide) groups is 1. The first-order valence-electron chi connectivity index (χ1n) is 12.6. The number of halogens is 1. The standard InChI is InChI=1S/C23H30FN5O4S.C2H2O4/c1-14(2)20-25-22(33-27-20)29-8-6-16(7-9-29)28(3)10-11-32-17-5-4-15(18(24)13-17)12-19-21(30)26-23(31)34-19;3-1(4)2(5)6/h4-5,13-14,16,19H,6-12H2,1-3H3,(H,26,30,31);(H,3,4)(H,5,6). The Hall–Kier alpha value is -3.72. The Balaban J connectivity index is 0.000000663. The van der Waals surface area contributed by atoms with Gasteiger partial charge in [-0.05, 0) is 37.9 Å². The highest BCUT2D eigenvalue weighted by Gasteiger charge is 2.32. The molecule has 2 fully saturated rings. The van der Waals surface area contributed by atoms with Gasteiger partial charge in [-0.1, -0.05) is 36.8 Å². The molecule has 4 rings (SSSR count). The van der Waals surface area contributed by atoms with E-state index < -0.39 is 23.0 Å². The summed E-state index contributed by atoms with van der Waals surface area (Å²) in [5, 5.41) is 20.1. The van der Waals surface area contributed by atoms with Crippen LogP contribution < -0.4 is 15.0 Å². The van der Waals surface area contributed by atoms with E-state index in [-0.39, 0.29) is 23.5 Å². The number of hydrogen-bond donors (Lipinski definition) is 3. The second-order valence-electron chi connectivity index (χ2n) is 9.59.